The Hall–Kier alpha value is -1.90. The molecule has 0 amide bonds. The number of morpholine rings is 1. The van der Waals surface area contributed by atoms with Gasteiger partial charge in [0, 0.05) is 18.0 Å². The molecular formula is C14H13N3OS. The second-order valence-corrected chi connectivity index (χ2v) is 5.31. The lowest BCUT2D eigenvalue weighted by molar-refractivity contribution is 0.0421. The minimum atomic E-state index is 0.129. The highest BCUT2D eigenvalue weighted by Gasteiger charge is 2.22. The summed E-state index contributed by atoms with van der Waals surface area (Å²) in [5, 5.41) is 10.8. The van der Waals surface area contributed by atoms with E-state index in [-0.39, 0.29) is 6.10 Å². The number of nitrogens with zero attached hydrogens (tertiary/aromatic N) is 3. The molecule has 3 rings (SSSR count). The van der Waals surface area contributed by atoms with Crippen LogP contribution in [0.15, 0.2) is 35.8 Å². The van der Waals surface area contributed by atoms with E-state index in [0.717, 1.165) is 18.8 Å². The van der Waals surface area contributed by atoms with Crippen LogP contribution in [0.25, 0.3) is 0 Å². The predicted molar refractivity (Wildman–Crippen MR) is 74.2 cm³/mol. The van der Waals surface area contributed by atoms with E-state index in [1.807, 2.05) is 18.2 Å². The van der Waals surface area contributed by atoms with Crippen LogP contribution in [0, 0.1) is 11.3 Å². The SMILES string of the molecule is N#Cc1ccc(N2CCO[C@H](c3cccs3)C2)cn1. The van der Waals surface area contributed by atoms with Crippen molar-refractivity contribution in [1.82, 2.24) is 4.98 Å². The molecule has 0 saturated carbocycles. The highest BCUT2D eigenvalue weighted by atomic mass is 32.1. The van der Waals surface area contributed by atoms with Crippen molar-refractivity contribution >= 4 is 17.0 Å². The van der Waals surface area contributed by atoms with E-state index in [0.29, 0.717) is 12.3 Å². The van der Waals surface area contributed by atoms with Crippen LogP contribution in [0.2, 0.25) is 0 Å². The zero-order chi connectivity index (χ0) is 13.1. The summed E-state index contributed by atoms with van der Waals surface area (Å²) in [5.41, 5.74) is 1.50. The van der Waals surface area contributed by atoms with E-state index in [9.17, 15) is 0 Å². The second kappa shape index (κ2) is 5.39. The molecule has 0 bridgehead atoms. The van der Waals surface area contributed by atoms with Crippen LogP contribution < -0.4 is 4.90 Å². The van der Waals surface area contributed by atoms with Gasteiger partial charge in [-0.3, -0.25) is 0 Å². The average molecular weight is 271 g/mol. The normalized spacial score (nSPS) is 19.1. The van der Waals surface area contributed by atoms with Crippen LogP contribution in [0.3, 0.4) is 0 Å². The Morgan fingerprint density at radius 1 is 1.42 bits per heavy atom. The summed E-state index contributed by atoms with van der Waals surface area (Å²) in [4.78, 5) is 7.63. The molecule has 5 heteroatoms. The van der Waals surface area contributed by atoms with Crippen LogP contribution >= 0.6 is 11.3 Å². The van der Waals surface area contributed by atoms with Gasteiger partial charge < -0.3 is 9.64 Å². The summed E-state index contributed by atoms with van der Waals surface area (Å²) >= 11 is 1.72. The Kier molecular flexibility index (Phi) is 3.45. The van der Waals surface area contributed by atoms with E-state index in [2.05, 4.69) is 21.3 Å². The molecule has 4 nitrogen and oxygen atoms in total. The highest BCUT2D eigenvalue weighted by molar-refractivity contribution is 7.10. The van der Waals surface area contributed by atoms with E-state index in [1.165, 1.54) is 4.88 Å². The smallest absolute Gasteiger partial charge is 0.140 e. The molecule has 96 valence electrons. The molecule has 1 saturated heterocycles. The fraction of sp³-hybridized carbons (Fsp3) is 0.286. The molecule has 0 N–H and O–H groups in total. The molecule has 2 aromatic heterocycles. The van der Waals surface area contributed by atoms with Crippen molar-refractivity contribution < 1.29 is 4.74 Å². The Morgan fingerprint density at radius 2 is 2.37 bits per heavy atom. The third-order valence-electron chi connectivity index (χ3n) is 3.15. The minimum Gasteiger partial charge on any atom is -0.369 e. The fourth-order valence-corrected chi connectivity index (χ4v) is 2.94. The summed E-state index contributed by atoms with van der Waals surface area (Å²) < 4.78 is 5.81. The summed E-state index contributed by atoms with van der Waals surface area (Å²) in [6, 6.07) is 9.89. The number of hydrogen-bond donors (Lipinski definition) is 0. The number of pyridine rings is 1. The number of aromatic nitrogens is 1. The first-order valence-electron chi connectivity index (χ1n) is 6.13. The van der Waals surface area contributed by atoms with E-state index in [1.54, 1.807) is 23.6 Å². The molecule has 1 aliphatic heterocycles. The number of rotatable bonds is 2. The van der Waals surface area contributed by atoms with Crippen LogP contribution in [0.1, 0.15) is 16.7 Å². The lowest BCUT2D eigenvalue weighted by Gasteiger charge is -2.33. The van der Waals surface area contributed by atoms with Gasteiger partial charge in [0.05, 0.1) is 18.5 Å². The van der Waals surface area contributed by atoms with E-state index in [4.69, 9.17) is 10.00 Å². The number of hydrogen-bond acceptors (Lipinski definition) is 5. The van der Waals surface area contributed by atoms with Gasteiger partial charge in [0.1, 0.15) is 17.9 Å². The van der Waals surface area contributed by atoms with Gasteiger partial charge in [0.25, 0.3) is 0 Å². The average Bonchev–Trinajstić information content (AvgIpc) is 3.02. The third kappa shape index (κ3) is 2.60. The number of ether oxygens (including phenoxy) is 1. The van der Waals surface area contributed by atoms with E-state index >= 15 is 0 Å². The van der Waals surface area contributed by atoms with Gasteiger partial charge in [-0.05, 0) is 23.6 Å². The number of thiophene rings is 1. The maximum absolute atomic E-state index is 8.76. The maximum Gasteiger partial charge on any atom is 0.140 e. The molecular weight excluding hydrogens is 258 g/mol. The number of nitriles is 1. The largest absolute Gasteiger partial charge is 0.369 e. The fourth-order valence-electron chi connectivity index (χ4n) is 2.17. The molecule has 0 unspecified atom stereocenters. The molecule has 0 aliphatic carbocycles. The number of anilines is 1. The predicted octanol–water partition coefficient (Wildman–Crippen LogP) is 2.59. The molecule has 0 spiro atoms. The molecule has 0 aromatic carbocycles. The Bertz CT molecular complexity index is 574. The van der Waals surface area contributed by atoms with E-state index < -0.39 is 0 Å². The Labute approximate surface area is 115 Å². The van der Waals surface area contributed by atoms with Crippen molar-refractivity contribution in [2.75, 3.05) is 24.6 Å². The third-order valence-corrected chi connectivity index (χ3v) is 4.12. The van der Waals surface area contributed by atoms with Gasteiger partial charge in [-0.2, -0.15) is 5.26 Å². The zero-order valence-corrected chi connectivity index (χ0v) is 11.1. The molecule has 1 fully saturated rings. The lowest BCUT2D eigenvalue weighted by atomic mass is 10.2. The quantitative estimate of drug-likeness (QED) is 0.842. The zero-order valence-electron chi connectivity index (χ0n) is 10.3. The topological polar surface area (TPSA) is 49.2 Å². The lowest BCUT2D eigenvalue weighted by Crippen LogP contribution is -2.38. The molecule has 0 radical (unpaired) electrons. The molecule has 19 heavy (non-hydrogen) atoms. The first kappa shape index (κ1) is 12.2. The first-order chi connectivity index (χ1) is 9.36. The monoisotopic (exact) mass is 271 g/mol. The second-order valence-electron chi connectivity index (χ2n) is 4.33. The standard InChI is InChI=1S/C14H13N3OS/c15-8-11-3-4-12(9-16-11)17-5-6-18-13(10-17)14-2-1-7-19-14/h1-4,7,9,13H,5-6,10H2/t13-/m0/s1. The van der Waals surface area contributed by atoms with Crippen molar-refractivity contribution in [1.29, 1.82) is 5.26 Å². The van der Waals surface area contributed by atoms with Crippen molar-refractivity contribution in [2.24, 2.45) is 0 Å². The summed E-state index contributed by atoms with van der Waals surface area (Å²) in [6.45, 7) is 2.39. The minimum absolute atomic E-state index is 0.129. The van der Waals surface area contributed by atoms with Crippen LogP contribution in [0.5, 0.6) is 0 Å². The van der Waals surface area contributed by atoms with Gasteiger partial charge >= 0.3 is 0 Å². The molecule has 3 heterocycles. The van der Waals surface area contributed by atoms with Crippen molar-refractivity contribution in [3.63, 3.8) is 0 Å². The van der Waals surface area contributed by atoms with Crippen LogP contribution in [0.4, 0.5) is 5.69 Å². The van der Waals surface area contributed by atoms with Gasteiger partial charge in [0.15, 0.2) is 0 Å². The van der Waals surface area contributed by atoms with Crippen LogP contribution in [-0.2, 0) is 4.74 Å². The maximum atomic E-state index is 8.76. The Morgan fingerprint density at radius 3 is 3.05 bits per heavy atom. The highest BCUT2D eigenvalue weighted by Crippen LogP contribution is 2.28. The van der Waals surface area contributed by atoms with Crippen molar-refractivity contribution in [3.8, 4) is 6.07 Å². The molecule has 1 aliphatic rings. The van der Waals surface area contributed by atoms with Crippen LogP contribution in [-0.4, -0.2) is 24.7 Å². The summed E-state index contributed by atoms with van der Waals surface area (Å²) in [5.74, 6) is 0. The Balaban J connectivity index is 1.76. The molecule has 1 atom stereocenters. The van der Waals surface area contributed by atoms with Crippen molar-refractivity contribution in [3.05, 3.63) is 46.4 Å². The first-order valence-corrected chi connectivity index (χ1v) is 7.01. The summed E-state index contributed by atoms with van der Waals surface area (Å²) in [7, 11) is 0. The van der Waals surface area contributed by atoms with Crippen molar-refractivity contribution in [2.45, 2.75) is 6.10 Å². The molecule has 2 aromatic rings. The van der Waals surface area contributed by atoms with Gasteiger partial charge in [0.2, 0.25) is 0 Å². The summed E-state index contributed by atoms with van der Waals surface area (Å²) in [6.07, 6.45) is 1.89. The van der Waals surface area contributed by atoms with Gasteiger partial charge in [-0.1, -0.05) is 6.07 Å². The van der Waals surface area contributed by atoms with Gasteiger partial charge in [-0.25, -0.2) is 4.98 Å². The van der Waals surface area contributed by atoms with Gasteiger partial charge in [-0.15, -0.1) is 11.3 Å².